The summed E-state index contributed by atoms with van der Waals surface area (Å²) in [5.41, 5.74) is 3.04. The third-order valence-corrected chi connectivity index (χ3v) is 6.33. The molecule has 2 heterocycles. The van der Waals surface area contributed by atoms with Crippen molar-refractivity contribution >= 4 is 35.2 Å². The van der Waals surface area contributed by atoms with Gasteiger partial charge in [0.2, 0.25) is 11.8 Å². The Morgan fingerprint density at radius 3 is 2.81 bits per heavy atom. The van der Waals surface area contributed by atoms with Crippen LogP contribution in [0.5, 0.6) is 0 Å². The second-order valence-corrected chi connectivity index (χ2v) is 8.15. The highest BCUT2D eigenvalue weighted by molar-refractivity contribution is 7.99. The van der Waals surface area contributed by atoms with Crippen molar-refractivity contribution in [3.8, 4) is 0 Å². The smallest absolute Gasteiger partial charge is 0.329 e. The topological polar surface area (TPSA) is 66.9 Å². The molecule has 2 saturated heterocycles. The molecule has 2 aliphatic rings. The predicted molar refractivity (Wildman–Crippen MR) is 106 cm³/mol. The SMILES string of the molecule is CCOC(=O)[C@@H]1CSCCN1C(=O)[C@H]1CC(=O)N(c2cccc(C)c2C)C1. The first-order valence-corrected chi connectivity index (χ1v) is 10.5. The molecule has 0 bridgehead atoms. The molecule has 0 radical (unpaired) electrons. The van der Waals surface area contributed by atoms with Gasteiger partial charge in [-0.1, -0.05) is 12.1 Å². The molecule has 27 heavy (non-hydrogen) atoms. The van der Waals surface area contributed by atoms with E-state index in [-0.39, 0.29) is 24.2 Å². The maximum Gasteiger partial charge on any atom is 0.329 e. The number of rotatable bonds is 4. The van der Waals surface area contributed by atoms with Crippen LogP contribution in [0.2, 0.25) is 0 Å². The van der Waals surface area contributed by atoms with Gasteiger partial charge in [-0.3, -0.25) is 9.59 Å². The van der Waals surface area contributed by atoms with Crippen LogP contribution in [0.3, 0.4) is 0 Å². The van der Waals surface area contributed by atoms with Crippen molar-refractivity contribution in [1.82, 2.24) is 4.90 Å². The quantitative estimate of drug-likeness (QED) is 0.737. The number of carbonyl (C=O) groups is 3. The van der Waals surface area contributed by atoms with Gasteiger partial charge in [-0.15, -0.1) is 0 Å². The number of nitrogens with zero attached hydrogens (tertiary/aromatic N) is 2. The average Bonchev–Trinajstić information content (AvgIpc) is 3.05. The van der Waals surface area contributed by atoms with Crippen molar-refractivity contribution in [3.05, 3.63) is 29.3 Å². The fourth-order valence-electron chi connectivity index (χ4n) is 3.67. The number of thioether (sulfide) groups is 1. The van der Waals surface area contributed by atoms with E-state index in [1.165, 1.54) is 0 Å². The fourth-order valence-corrected chi connectivity index (χ4v) is 4.70. The molecule has 2 amide bonds. The van der Waals surface area contributed by atoms with Crippen LogP contribution in [0, 0.1) is 19.8 Å². The molecule has 0 aromatic heterocycles. The minimum atomic E-state index is -0.555. The zero-order chi connectivity index (χ0) is 19.6. The highest BCUT2D eigenvalue weighted by Gasteiger charge is 2.42. The lowest BCUT2D eigenvalue weighted by atomic mass is 10.1. The van der Waals surface area contributed by atoms with Crippen molar-refractivity contribution < 1.29 is 19.1 Å². The van der Waals surface area contributed by atoms with Crippen LogP contribution in [0.25, 0.3) is 0 Å². The molecular weight excluding hydrogens is 364 g/mol. The standard InChI is InChI=1S/C20H26N2O4S/c1-4-26-20(25)17-12-27-9-8-21(17)19(24)15-10-18(23)22(11-15)16-7-5-6-13(2)14(16)3/h5-7,15,17H,4,8-12H2,1-3H3/t15-,17-/m0/s1. The number of hydrogen-bond acceptors (Lipinski definition) is 5. The number of ether oxygens (including phenoxy) is 1. The highest BCUT2D eigenvalue weighted by atomic mass is 32.2. The van der Waals surface area contributed by atoms with Gasteiger partial charge in [0.15, 0.2) is 0 Å². The maximum absolute atomic E-state index is 13.1. The number of hydrogen-bond donors (Lipinski definition) is 0. The summed E-state index contributed by atoms with van der Waals surface area (Å²) in [7, 11) is 0. The molecule has 1 aromatic carbocycles. The van der Waals surface area contributed by atoms with E-state index in [4.69, 9.17) is 4.74 Å². The molecule has 3 rings (SSSR count). The zero-order valence-electron chi connectivity index (χ0n) is 16.1. The Labute approximate surface area is 164 Å². The van der Waals surface area contributed by atoms with Crippen LogP contribution in [0.15, 0.2) is 18.2 Å². The van der Waals surface area contributed by atoms with Gasteiger partial charge in [0.1, 0.15) is 6.04 Å². The summed E-state index contributed by atoms with van der Waals surface area (Å²) in [4.78, 5) is 41.3. The van der Waals surface area contributed by atoms with E-state index >= 15 is 0 Å². The third-order valence-electron chi connectivity index (χ3n) is 5.31. The van der Waals surface area contributed by atoms with E-state index in [0.717, 1.165) is 22.6 Å². The Balaban J connectivity index is 1.76. The predicted octanol–water partition coefficient (Wildman–Crippen LogP) is 2.16. The molecule has 0 spiro atoms. The molecule has 146 valence electrons. The van der Waals surface area contributed by atoms with Crippen molar-refractivity contribution in [1.29, 1.82) is 0 Å². The highest BCUT2D eigenvalue weighted by Crippen LogP contribution is 2.31. The molecule has 6 nitrogen and oxygen atoms in total. The number of anilines is 1. The summed E-state index contributed by atoms with van der Waals surface area (Å²) < 4.78 is 5.14. The summed E-state index contributed by atoms with van der Waals surface area (Å²) in [5.74, 6) is 0.413. The maximum atomic E-state index is 13.1. The van der Waals surface area contributed by atoms with E-state index in [9.17, 15) is 14.4 Å². The van der Waals surface area contributed by atoms with Crippen molar-refractivity contribution in [2.75, 3.05) is 36.1 Å². The Hall–Kier alpha value is -2.02. The number of carbonyl (C=O) groups excluding carboxylic acids is 3. The summed E-state index contributed by atoms with van der Waals surface area (Å²) in [6, 6.07) is 5.31. The Morgan fingerprint density at radius 1 is 1.30 bits per heavy atom. The lowest BCUT2D eigenvalue weighted by Crippen LogP contribution is -2.53. The zero-order valence-corrected chi connectivity index (χ0v) is 16.9. The minimum absolute atomic E-state index is 0.0406. The van der Waals surface area contributed by atoms with Gasteiger partial charge in [-0.2, -0.15) is 11.8 Å². The average molecular weight is 391 g/mol. The van der Waals surface area contributed by atoms with E-state index < -0.39 is 12.0 Å². The number of amides is 2. The lowest BCUT2D eigenvalue weighted by molar-refractivity contribution is -0.155. The van der Waals surface area contributed by atoms with E-state index in [0.29, 0.717) is 25.4 Å². The summed E-state index contributed by atoms with van der Waals surface area (Å²) >= 11 is 1.65. The summed E-state index contributed by atoms with van der Waals surface area (Å²) in [6.45, 7) is 6.94. The first-order chi connectivity index (χ1) is 12.9. The van der Waals surface area contributed by atoms with E-state index in [1.54, 1.807) is 28.5 Å². The van der Waals surface area contributed by atoms with Crippen LogP contribution >= 0.6 is 11.8 Å². The molecule has 2 fully saturated rings. The number of aryl methyl sites for hydroxylation is 1. The van der Waals surface area contributed by atoms with Crippen molar-refractivity contribution in [2.45, 2.75) is 33.2 Å². The van der Waals surface area contributed by atoms with E-state index in [1.807, 2.05) is 32.0 Å². The van der Waals surface area contributed by atoms with Gasteiger partial charge in [-0.05, 0) is 38.0 Å². The Bertz CT molecular complexity index is 751. The molecule has 2 aliphatic heterocycles. The van der Waals surface area contributed by atoms with Gasteiger partial charge >= 0.3 is 5.97 Å². The molecule has 7 heteroatoms. The number of esters is 1. The summed E-state index contributed by atoms with van der Waals surface area (Å²) in [6.07, 6.45) is 0.186. The van der Waals surface area contributed by atoms with Crippen LogP contribution < -0.4 is 4.90 Å². The molecule has 2 atom stereocenters. The normalized spacial score (nSPS) is 22.9. The number of benzene rings is 1. The first kappa shape index (κ1) is 19.7. The van der Waals surface area contributed by atoms with E-state index in [2.05, 4.69) is 0 Å². The Morgan fingerprint density at radius 2 is 2.07 bits per heavy atom. The van der Waals surface area contributed by atoms with Crippen LogP contribution in [-0.2, 0) is 19.1 Å². The van der Waals surface area contributed by atoms with Gasteiger partial charge in [-0.25, -0.2) is 4.79 Å². The molecule has 1 aromatic rings. The van der Waals surface area contributed by atoms with Gasteiger partial charge in [0.25, 0.3) is 0 Å². The minimum Gasteiger partial charge on any atom is -0.464 e. The molecule has 0 N–H and O–H groups in total. The lowest BCUT2D eigenvalue weighted by Gasteiger charge is -2.35. The first-order valence-electron chi connectivity index (χ1n) is 9.35. The van der Waals surface area contributed by atoms with Crippen LogP contribution in [0.4, 0.5) is 5.69 Å². The largest absolute Gasteiger partial charge is 0.464 e. The van der Waals surface area contributed by atoms with Gasteiger partial charge in [0, 0.05) is 36.7 Å². The molecule has 0 saturated carbocycles. The van der Waals surface area contributed by atoms with Gasteiger partial charge < -0.3 is 14.5 Å². The molecular formula is C20H26N2O4S. The van der Waals surface area contributed by atoms with Gasteiger partial charge in [0.05, 0.1) is 12.5 Å². The van der Waals surface area contributed by atoms with Crippen molar-refractivity contribution in [2.24, 2.45) is 5.92 Å². The fraction of sp³-hybridized carbons (Fsp3) is 0.550. The third kappa shape index (κ3) is 3.98. The van der Waals surface area contributed by atoms with Crippen LogP contribution in [-0.4, -0.2) is 59.9 Å². The van der Waals surface area contributed by atoms with Crippen molar-refractivity contribution in [3.63, 3.8) is 0 Å². The Kier molecular flexibility index (Phi) is 6.09. The molecule has 0 aliphatic carbocycles. The second kappa shape index (κ2) is 8.33. The monoisotopic (exact) mass is 390 g/mol. The summed E-state index contributed by atoms with van der Waals surface area (Å²) in [5, 5.41) is 0. The second-order valence-electron chi connectivity index (χ2n) is 7.00. The molecule has 0 unspecified atom stereocenters. The van der Waals surface area contributed by atoms with Crippen LogP contribution in [0.1, 0.15) is 24.5 Å².